The van der Waals surface area contributed by atoms with Crippen LogP contribution >= 0.6 is 0 Å². The zero-order valence-electron chi connectivity index (χ0n) is 13.3. The van der Waals surface area contributed by atoms with Crippen LogP contribution < -0.4 is 11.3 Å². The van der Waals surface area contributed by atoms with Crippen molar-refractivity contribution in [2.45, 2.75) is 83.5 Å². The molecule has 0 saturated carbocycles. The van der Waals surface area contributed by atoms with Crippen molar-refractivity contribution in [1.82, 2.24) is 5.43 Å². The number of carbonyl (C=O) groups excluding carboxylic acids is 1. The fourth-order valence-corrected chi connectivity index (χ4v) is 18.7. The molecule has 0 atom stereocenters. The fourth-order valence-electron chi connectivity index (χ4n) is 2.86. The predicted molar refractivity (Wildman–Crippen MR) is 86.7 cm³/mol. The van der Waals surface area contributed by atoms with Crippen LogP contribution in [0.25, 0.3) is 0 Å². The Hall–Kier alpha value is 0.229. The van der Waals surface area contributed by atoms with Gasteiger partial charge in [-0.05, 0) is 0 Å². The fraction of sp³-hybridized carbons (Fsp3) is 0.933. The van der Waals surface area contributed by atoms with Crippen LogP contribution in [0, 0.1) is 0 Å². The summed E-state index contributed by atoms with van der Waals surface area (Å²) in [6.07, 6.45) is 8.65. The third-order valence-corrected chi connectivity index (χ3v) is 20.1. The molecule has 0 spiro atoms. The third-order valence-electron chi connectivity index (χ3n) is 4.23. The third kappa shape index (κ3) is 8.90. The van der Waals surface area contributed by atoms with Crippen LogP contribution in [0.1, 0.15) is 65.7 Å². The Morgan fingerprint density at radius 1 is 0.895 bits per heavy atom. The standard InChI is InChI=1S/3C4H9.C3H7N2O.Sn/c3*1-3-4-2;1-2-3(6)5-4;/h3*1,3-4H2,2H3;1-2,4H2,(H,5,6);. The van der Waals surface area contributed by atoms with Crippen LogP contribution in [0.15, 0.2) is 0 Å². The van der Waals surface area contributed by atoms with Crippen LogP contribution in [0.5, 0.6) is 0 Å². The monoisotopic (exact) mass is 378 g/mol. The van der Waals surface area contributed by atoms with Gasteiger partial charge < -0.3 is 0 Å². The van der Waals surface area contributed by atoms with E-state index in [9.17, 15) is 4.79 Å². The Morgan fingerprint density at radius 2 is 1.32 bits per heavy atom. The van der Waals surface area contributed by atoms with Crippen LogP contribution in [-0.2, 0) is 4.79 Å². The molecule has 0 aliphatic carbocycles. The van der Waals surface area contributed by atoms with Gasteiger partial charge in [0.25, 0.3) is 0 Å². The van der Waals surface area contributed by atoms with E-state index in [1.807, 2.05) is 0 Å². The molecule has 0 aromatic heterocycles. The van der Waals surface area contributed by atoms with Crippen LogP contribution in [0.2, 0.25) is 17.7 Å². The van der Waals surface area contributed by atoms with Gasteiger partial charge in [-0.25, -0.2) is 0 Å². The summed E-state index contributed by atoms with van der Waals surface area (Å²) in [4.78, 5) is 11.5. The Morgan fingerprint density at radius 3 is 1.63 bits per heavy atom. The van der Waals surface area contributed by atoms with Gasteiger partial charge in [0.05, 0.1) is 0 Å². The maximum atomic E-state index is 11.5. The van der Waals surface area contributed by atoms with Gasteiger partial charge in [-0.1, -0.05) is 0 Å². The number of amides is 1. The summed E-state index contributed by atoms with van der Waals surface area (Å²) in [5, 5.41) is 0. The number of nitrogens with one attached hydrogen (secondary N) is 1. The van der Waals surface area contributed by atoms with E-state index in [1.165, 1.54) is 56.3 Å². The summed E-state index contributed by atoms with van der Waals surface area (Å²) in [6, 6.07) is 0. The van der Waals surface area contributed by atoms with Crippen molar-refractivity contribution < 1.29 is 4.79 Å². The number of hydrogen-bond donors (Lipinski definition) is 2. The van der Waals surface area contributed by atoms with Crippen LogP contribution in [0.3, 0.4) is 0 Å². The summed E-state index contributed by atoms with van der Waals surface area (Å²) in [5.74, 6) is 5.26. The molecule has 0 radical (unpaired) electrons. The van der Waals surface area contributed by atoms with Gasteiger partial charge in [-0.3, -0.25) is 0 Å². The second-order valence-corrected chi connectivity index (χ2v) is 20.1. The van der Waals surface area contributed by atoms with Gasteiger partial charge in [0, 0.05) is 0 Å². The Balaban J connectivity index is 4.60. The SMILES string of the molecule is CCC[CH2][Sn]([CH2]CCC)([CH2]CCC)[CH2]CC(=O)NN. The molecule has 0 aromatic rings. The molecule has 3 N–H and O–H groups in total. The van der Waals surface area contributed by atoms with Gasteiger partial charge in [0.2, 0.25) is 0 Å². The topological polar surface area (TPSA) is 55.1 Å². The van der Waals surface area contributed by atoms with E-state index >= 15 is 0 Å². The van der Waals surface area contributed by atoms with Crippen molar-refractivity contribution in [3.63, 3.8) is 0 Å². The second kappa shape index (κ2) is 12.0. The van der Waals surface area contributed by atoms with Crippen LogP contribution in [-0.4, -0.2) is 24.3 Å². The Kier molecular flexibility index (Phi) is 12.2. The van der Waals surface area contributed by atoms with Crippen molar-refractivity contribution in [2.24, 2.45) is 5.84 Å². The van der Waals surface area contributed by atoms with Gasteiger partial charge in [0.15, 0.2) is 0 Å². The number of nitrogens with two attached hydrogens (primary N) is 1. The van der Waals surface area contributed by atoms with Crippen LogP contribution in [0.4, 0.5) is 0 Å². The number of carbonyl (C=O) groups is 1. The number of unbranched alkanes of at least 4 members (excludes halogenated alkanes) is 3. The summed E-state index contributed by atoms with van der Waals surface area (Å²) in [6.45, 7) is 6.84. The first-order chi connectivity index (χ1) is 9.14. The molecule has 0 aromatic carbocycles. The van der Waals surface area contributed by atoms with Gasteiger partial charge in [-0.2, -0.15) is 0 Å². The normalized spacial score (nSPS) is 11.6. The average molecular weight is 377 g/mol. The van der Waals surface area contributed by atoms with Gasteiger partial charge in [-0.15, -0.1) is 0 Å². The average Bonchev–Trinajstić information content (AvgIpc) is 2.45. The van der Waals surface area contributed by atoms with E-state index < -0.39 is 18.4 Å². The summed E-state index contributed by atoms with van der Waals surface area (Å²) in [5.41, 5.74) is 2.30. The first-order valence-electron chi connectivity index (χ1n) is 8.13. The number of rotatable bonds is 12. The molecule has 0 aliphatic rings. The molecule has 1 amide bonds. The molecule has 0 fully saturated rings. The molecular formula is C15H34N2OSn. The molecule has 0 heterocycles. The predicted octanol–water partition coefficient (Wildman–Crippen LogP) is 4.22. The summed E-state index contributed by atoms with van der Waals surface area (Å²) < 4.78 is 5.63. The van der Waals surface area contributed by atoms with Crippen molar-refractivity contribution >= 4 is 24.3 Å². The molecule has 4 heteroatoms. The zero-order valence-corrected chi connectivity index (χ0v) is 16.1. The van der Waals surface area contributed by atoms with Crippen molar-refractivity contribution in [1.29, 1.82) is 0 Å². The number of hydrogen-bond acceptors (Lipinski definition) is 2. The number of hydrazine groups is 1. The van der Waals surface area contributed by atoms with E-state index in [0.717, 1.165) is 0 Å². The zero-order chi connectivity index (χ0) is 14.6. The molecule has 19 heavy (non-hydrogen) atoms. The minimum atomic E-state index is -2.09. The van der Waals surface area contributed by atoms with Crippen molar-refractivity contribution in [3.05, 3.63) is 0 Å². The van der Waals surface area contributed by atoms with E-state index in [1.54, 1.807) is 0 Å². The van der Waals surface area contributed by atoms with Gasteiger partial charge in [0.1, 0.15) is 0 Å². The first-order valence-corrected chi connectivity index (χ1v) is 16.2. The van der Waals surface area contributed by atoms with E-state index in [4.69, 9.17) is 5.84 Å². The molecule has 114 valence electrons. The molecule has 0 saturated heterocycles. The van der Waals surface area contributed by atoms with Crippen molar-refractivity contribution in [3.8, 4) is 0 Å². The molecular weight excluding hydrogens is 343 g/mol. The molecule has 0 bridgehead atoms. The molecule has 3 nitrogen and oxygen atoms in total. The molecule has 0 unspecified atom stereocenters. The summed E-state index contributed by atoms with van der Waals surface area (Å²) in [7, 11) is 0. The summed E-state index contributed by atoms with van der Waals surface area (Å²) >= 11 is -2.09. The van der Waals surface area contributed by atoms with E-state index in [-0.39, 0.29) is 5.91 Å². The minimum absolute atomic E-state index is 0.0329. The Labute approximate surface area is 123 Å². The van der Waals surface area contributed by atoms with Crippen molar-refractivity contribution in [2.75, 3.05) is 0 Å². The van der Waals surface area contributed by atoms with Gasteiger partial charge >= 0.3 is 124 Å². The molecule has 0 rings (SSSR count). The second-order valence-electron chi connectivity index (χ2n) is 5.88. The van der Waals surface area contributed by atoms with E-state index in [2.05, 4.69) is 26.2 Å². The Bertz CT molecular complexity index is 212. The molecule has 0 aliphatic heterocycles. The quantitative estimate of drug-likeness (QED) is 0.232. The maximum absolute atomic E-state index is 11.5. The van der Waals surface area contributed by atoms with E-state index in [0.29, 0.717) is 6.42 Å². The first kappa shape index (κ1) is 19.2.